The van der Waals surface area contributed by atoms with Crippen molar-refractivity contribution in [1.29, 1.82) is 0 Å². The van der Waals surface area contributed by atoms with Gasteiger partial charge in [-0.15, -0.1) is 0 Å². The smallest absolute Gasteiger partial charge is 0.126 e. The molecule has 2 heterocycles. The van der Waals surface area contributed by atoms with Crippen LogP contribution in [0.1, 0.15) is 55.0 Å². The Morgan fingerprint density at radius 3 is 2.62 bits per heavy atom. The van der Waals surface area contributed by atoms with Crippen LogP contribution >= 0.6 is 0 Å². The number of aryl methyl sites for hydroxylation is 2. The number of fused-ring (bicyclic) bond motifs is 1. The number of rotatable bonds is 10. The van der Waals surface area contributed by atoms with Gasteiger partial charge in [0.2, 0.25) is 0 Å². The number of likely N-dealkylation sites (tertiary alicyclic amines) is 1. The molecule has 5 heteroatoms. The van der Waals surface area contributed by atoms with Crippen molar-refractivity contribution in [2.45, 2.75) is 51.6 Å². The number of pyridine rings is 1. The Morgan fingerprint density at radius 1 is 1.15 bits per heavy atom. The molecule has 1 aromatic heterocycles. The van der Waals surface area contributed by atoms with Gasteiger partial charge in [0.25, 0.3) is 0 Å². The van der Waals surface area contributed by atoms with E-state index in [0.717, 1.165) is 61.8 Å². The average molecular weight is 465 g/mol. The fourth-order valence-electron chi connectivity index (χ4n) is 5.30. The van der Waals surface area contributed by atoms with Crippen molar-refractivity contribution in [3.8, 4) is 5.75 Å². The number of halogens is 1. The summed E-state index contributed by atoms with van der Waals surface area (Å²) in [4.78, 5) is 6.96. The second-order valence-electron chi connectivity index (χ2n) is 9.83. The molecule has 4 nitrogen and oxygen atoms in total. The minimum absolute atomic E-state index is 0.126. The lowest BCUT2D eigenvalue weighted by Crippen LogP contribution is -2.42. The zero-order valence-electron chi connectivity index (χ0n) is 20.5. The SMILES string of the molecule is COc1ccc2ncc(C)c([C@H](F)CCC3(CO)CCN(CCCc4ccccc4)CC3)c2c1. The summed E-state index contributed by atoms with van der Waals surface area (Å²) >= 11 is 0. The Kier molecular flexibility index (Phi) is 8.17. The summed E-state index contributed by atoms with van der Waals surface area (Å²) in [6.07, 6.45) is 5.84. The maximum atomic E-state index is 15.7. The van der Waals surface area contributed by atoms with Crippen LogP contribution in [0.2, 0.25) is 0 Å². The largest absolute Gasteiger partial charge is 0.497 e. The summed E-state index contributed by atoms with van der Waals surface area (Å²) in [5.74, 6) is 0.708. The third kappa shape index (κ3) is 5.76. The van der Waals surface area contributed by atoms with E-state index in [-0.39, 0.29) is 12.0 Å². The highest BCUT2D eigenvalue weighted by Gasteiger charge is 2.34. The normalized spacial score (nSPS) is 17.1. The van der Waals surface area contributed by atoms with Crippen LogP contribution in [-0.2, 0) is 6.42 Å². The molecule has 0 amide bonds. The monoisotopic (exact) mass is 464 g/mol. The number of aliphatic hydroxyl groups is 1. The van der Waals surface area contributed by atoms with Gasteiger partial charge in [-0.05, 0) is 105 Å². The van der Waals surface area contributed by atoms with Gasteiger partial charge in [-0.3, -0.25) is 4.98 Å². The van der Waals surface area contributed by atoms with Gasteiger partial charge in [-0.25, -0.2) is 4.39 Å². The molecule has 4 rings (SSSR count). The number of alkyl halides is 1. The first-order valence-corrected chi connectivity index (χ1v) is 12.5. The summed E-state index contributed by atoms with van der Waals surface area (Å²) < 4.78 is 21.0. The average Bonchev–Trinajstić information content (AvgIpc) is 2.88. The molecule has 1 aliphatic heterocycles. The van der Waals surface area contributed by atoms with Gasteiger partial charge in [0.15, 0.2) is 0 Å². The number of hydrogen-bond donors (Lipinski definition) is 1. The molecule has 0 aliphatic carbocycles. The van der Waals surface area contributed by atoms with E-state index in [4.69, 9.17) is 4.74 Å². The number of nitrogens with zero attached hydrogens (tertiary/aromatic N) is 2. The van der Waals surface area contributed by atoms with Crippen LogP contribution in [0.25, 0.3) is 10.9 Å². The number of piperidine rings is 1. The van der Waals surface area contributed by atoms with Gasteiger partial charge < -0.3 is 14.7 Å². The van der Waals surface area contributed by atoms with Crippen molar-refractivity contribution in [2.24, 2.45) is 5.41 Å². The zero-order valence-corrected chi connectivity index (χ0v) is 20.5. The van der Waals surface area contributed by atoms with Crippen molar-refractivity contribution >= 4 is 10.9 Å². The zero-order chi connectivity index (χ0) is 24.0. The van der Waals surface area contributed by atoms with Crippen LogP contribution in [0, 0.1) is 12.3 Å². The van der Waals surface area contributed by atoms with E-state index in [0.29, 0.717) is 24.2 Å². The van der Waals surface area contributed by atoms with Gasteiger partial charge in [0.1, 0.15) is 11.9 Å². The number of aliphatic hydroxyl groups excluding tert-OH is 1. The van der Waals surface area contributed by atoms with Crippen LogP contribution in [0.4, 0.5) is 4.39 Å². The van der Waals surface area contributed by atoms with E-state index >= 15 is 4.39 Å². The van der Waals surface area contributed by atoms with E-state index in [1.54, 1.807) is 13.3 Å². The van der Waals surface area contributed by atoms with Crippen molar-refractivity contribution < 1.29 is 14.2 Å². The summed E-state index contributed by atoms with van der Waals surface area (Å²) in [5, 5.41) is 11.1. The number of hydrogen-bond acceptors (Lipinski definition) is 4. The standard InChI is InChI=1S/C29H37FN2O2/c1-22-20-31-27-11-10-24(34-2)19-25(27)28(22)26(30)12-13-29(21-33)14-17-32(18-15-29)16-6-9-23-7-4-3-5-8-23/h3-5,7-8,10-11,19-20,26,33H,6,9,12-18,21H2,1-2H3/t26-/m1/s1. The minimum Gasteiger partial charge on any atom is -0.497 e. The molecule has 1 aliphatic rings. The number of methoxy groups -OCH3 is 1. The quantitative estimate of drug-likeness (QED) is 0.397. The Hall–Kier alpha value is -2.50. The third-order valence-electron chi connectivity index (χ3n) is 7.59. The molecule has 0 saturated carbocycles. The molecule has 3 aromatic rings. The highest BCUT2D eigenvalue weighted by Crippen LogP contribution is 2.41. The lowest BCUT2D eigenvalue weighted by atomic mass is 9.74. The van der Waals surface area contributed by atoms with Crippen LogP contribution in [0.3, 0.4) is 0 Å². The molecule has 1 N–H and O–H groups in total. The van der Waals surface area contributed by atoms with Crippen molar-refractivity contribution in [3.63, 3.8) is 0 Å². The molecule has 1 saturated heterocycles. The van der Waals surface area contributed by atoms with Crippen molar-refractivity contribution in [1.82, 2.24) is 9.88 Å². The molecule has 182 valence electrons. The molecule has 0 bridgehead atoms. The van der Waals surface area contributed by atoms with Crippen LogP contribution in [0.5, 0.6) is 5.75 Å². The second kappa shape index (κ2) is 11.3. The molecule has 0 unspecified atom stereocenters. The molecule has 1 fully saturated rings. The van der Waals surface area contributed by atoms with Crippen LogP contribution in [0.15, 0.2) is 54.7 Å². The van der Waals surface area contributed by atoms with Gasteiger partial charge in [0, 0.05) is 18.2 Å². The summed E-state index contributed by atoms with van der Waals surface area (Å²) in [6, 6.07) is 16.2. The topological polar surface area (TPSA) is 45.6 Å². The van der Waals surface area contributed by atoms with Gasteiger partial charge in [-0.2, -0.15) is 0 Å². The molecule has 0 radical (unpaired) electrons. The Morgan fingerprint density at radius 2 is 1.91 bits per heavy atom. The predicted octanol–water partition coefficient (Wildman–Crippen LogP) is 6.05. The maximum Gasteiger partial charge on any atom is 0.126 e. The fraction of sp³-hybridized carbons (Fsp3) is 0.483. The summed E-state index contributed by atoms with van der Waals surface area (Å²) in [6.45, 7) is 5.07. The maximum absolute atomic E-state index is 15.7. The van der Waals surface area contributed by atoms with E-state index in [1.807, 2.05) is 25.1 Å². The van der Waals surface area contributed by atoms with Gasteiger partial charge >= 0.3 is 0 Å². The summed E-state index contributed by atoms with van der Waals surface area (Å²) in [7, 11) is 1.62. The fourth-order valence-corrected chi connectivity index (χ4v) is 5.30. The number of aromatic nitrogens is 1. The number of benzene rings is 2. The third-order valence-corrected chi connectivity index (χ3v) is 7.59. The van der Waals surface area contributed by atoms with Crippen LogP contribution < -0.4 is 4.74 Å². The first kappa shape index (κ1) is 24.6. The van der Waals surface area contributed by atoms with Crippen molar-refractivity contribution in [2.75, 3.05) is 33.4 Å². The van der Waals surface area contributed by atoms with E-state index in [2.05, 4.69) is 40.2 Å². The summed E-state index contributed by atoms with van der Waals surface area (Å²) in [5.41, 5.74) is 3.55. The Balaban J connectivity index is 1.34. The van der Waals surface area contributed by atoms with Crippen LogP contribution in [-0.4, -0.2) is 48.3 Å². The van der Waals surface area contributed by atoms with Gasteiger partial charge in [-0.1, -0.05) is 30.3 Å². The Labute approximate surface area is 202 Å². The van der Waals surface area contributed by atoms with E-state index in [1.165, 1.54) is 5.56 Å². The Bertz CT molecular complexity index is 1060. The predicted molar refractivity (Wildman–Crippen MR) is 136 cm³/mol. The van der Waals surface area contributed by atoms with Crippen molar-refractivity contribution in [3.05, 3.63) is 71.4 Å². The second-order valence-corrected chi connectivity index (χ2v) is 9.83. The lowest BCUT2D eigenvalue weighted by Gasteiger charge is -2.41. The number of ether oxygens (including phenoxy) is 1. The highest BCUT2D eigenvalue weighted by molar-refractivity contribution is 5.84. The molecule has 34 heavy (non-hydrogen) atoms. The van der Waals surface area contributed by atoms with E-state index < -0.39 is 6.17 Å². The molecular weight excluding hydrogens is 427 g/mol. The first-order chi connectivity index (χ1) is 16.5. The molecular formula is C29H37FN2O2. The van der Waals surface area contributed by atoms with E-state index in [9.17, 15) is 5.11 Å². The lowest BCUT2D eigenvalue weighted by molar-refractivity contribution is 0.0300. The van der Waals surface area contributed by atoms with Gasteiger partial charge in [0.05, 0.1) is 12.6 Å². The minimum atomic E-state index is -1.09. The molecule has 1 atom stereocenters. The first-order valence-electron chi connectivity index (χ1n) is 12.5. The molecule has 0 spiro atoms. The molecule has 2 aromatic carbocycles. The highest BCUT2D eigenvalue weighted by atomic mass is 19.1.